The first-order valence-electron chi connectivity index (χ1n) is 10.6. The van der Waals surface area contributed by atoms with Crippen molar-refractivity contribution >= 4 is 17.5 Å². The molecule has 0 saturated heterocycles. The number of allylic oxidation sites excluding steroid dienone is 1. The van der Waals surface area contributed by atoms with Crippen LogP contribution in [0.5, 0.6) is 11.5 Å². The van der Waals surface area contributed by atoms with Gasteiger partial charge in [-0.3, -0.25) is 9.78 Å². The summed E-state index contributed by atoms with van der Waals surface area (Å²) in [7, 11) is 1.55. The Hall–Kier alpha value is -4.66. The maximum atomic E-state index is 13.6. The molecule has 0 spiro atoms. The SMILES string of the molecule is COc1ccccc1NC(=O)C1=C(C)Nc2nc(-c3ccncc3)nn2C1c1cccc(O)c1. The van der Waals surface area contributed by atoms with Crippen molar-refractivity contribution in [2.75, 3.05) is 17.7 Å². The molecule has 1 atom stereocenters. The highest BCUT2D eigenvalue weighted by molar-refractivity contribution is 6.06. The first-order valence-corrected chi connectivity index (χ1v) is 10.6. The molecule has 3 heterocycles. The molecule has 0 aliphatic carbocycles. The van der Waals surface area contributed by atoms with E-state index in [0.29, 0.717) is 40.0 Å². The molecule has 0 fully saturated rings. The first kappa shape index (κ1) is 21.2. The average molecular weight is 454 g/mol. The van der Waals surface area contributed by atoms with Gasteiger partial charge in [0.25, 0.3) is 5.91 Å². The van der Waals surface area contributed by atoms with Gasteiger partial charge in [0.05, 0.1) is 18.4 Å². The van der Waals surface area contributed by atoms with E-state index >= 15 is 0 Å². The summed E-state index contributed by atoms with van der Waals surface area (Å²) in [5.74, 6) is 1.30. The van der Waals surface area contributed by atoms with Crippen LogP contribution in [0.25, 0.3) is 11.4 Å². The molecule has 5 rings (SSSR count). The Bertz CT molecular complexity index is 1400. The third kappa shape index (κ3) is 3.83. The number of pyridine rings is 1. The number of hydrogen-bond acceptors (Lipinski definition) is 7. The summed E-state index contributed by atoms with van der Waals surface area (Å²) >= 11 is 0. The number of carbonyl (C=O) groups is 1. The van der Waals surface area contributed by atoms with E-state index in [9.17, 15) is 9.90 Å². The van der Waals surface area contributed by atoms with Crippen molar-refractivity contribution in [3.8, 4) is 22.9 Å². The third-order valence-corrected chi connectivity index (χ3v) is 5.58. The Morgan fingerprint density at radius 3 is 2.68 bits per heavy atom. The lowest BCUT2D eigenvalue weighted by Gasteiger charge is -2.29. The Balaban J connectivity index is 1.61. The molecule has 9 nitrogen and oxygen atoms in total. The predicted molar refractivity (Wildman–Crippen MR) is 127 cm³/mol. The third-order valence-electron chi connectivity index (χ3n) is 5.58. The van der Waals surface area contributed by atoms with Gasteiger partial charge in [0.2, 0.25) is 5.95 Å². The van der Waals surface area contributed by atoms with Crippen LogP contribution in [0.4, 0.5) is 11.6 Å². The zero-order valence-corrected chi connectivity index (χ0v) is 18.6. The Morgan fingerprint density at radius 2 is 1.91 bits per heavy atom. The van der Waals surface area contributed by atoms with Crippen molar-refractivity contribution in [2.45, 2.75) is 13.0 Å². The first-order chi connectivity index (χ1) is 16.5. The standard InChI is InChI=1S/C25H22N6O3/c1-15-21(24(33)28-19-8-3-4-9-20(19)34-2)22(17-6-5-7-18(32)14-17)31-25(27-15)29-23(30-31)16-10-12-26-13-11-16/h3-14,22,32H,1-2H3,(H,28,33)(H,27,29,30). The van der Waals surface area contributed by atoms with Gasteiger partial charge in [-0.05, 0) is 48.9 Å². The minimum atomic E-state index is -0.624. The highest BCUT2D eigenvalue weighted by Crippen LogP contribution is 2.38. The fraction of sp³-hybridized carbons (Fsp3) is 0.120. The van der Waals surface area contributed by atoms with E-state index < -0.39 is 6.04 Å². The van der Waals surface area contributed by atoms with Gasteiger partial charge in [-0.25, -0.2) is 4.68 Å². The van der Waals surface area contributed by atoms with E-state index in [-0.39, 0.29) is 11.7 Å². The largest absolute Gasteiger partial charge is 0.508 e. The maximum Gasteiger partial charge on any atom is 0.255 e. The fourth-order valence-electron chi connectivity index (χ4n) is 4.01. The number of methoxy groups -OCH3 is 1. The topological polar surface area (TPSA) is 114 Å². The number of rotatable bonds is 5. The summed E-state index contributed by atoms with van der Waals surface area (Å²) in [4.78, 5) is 22.3. The minimum absolute atomic E-state index is 0.0918. The lowest BCUT2D eigenvalue weighted by molar-refractivity contribution is -0.113. The van der Waals surface area contributed by atoms with E-state index in [0.717, 1.165) is 5.56 Å². The van der Waals surface area contributed by atoms with E-state index in [1.165, 1.54) is 0 Å². The number of fused-ring (bicyclic) bond motifs is 1. The number of anilines is 2. The van der Waals surface area contributed by atoms with Crippen LogP contribution in [0.3, 0.4) is 0 Å². The Morgan fingerprint density at radius 1 is 1.12 bits per heavy atom. The van der Waals surface area contributed by atoms with E-state index in [1.54, 1.807) is 54.5 Å². The molecular weight excluding hydrogens is 432 g/mol. The quantitative estimate of drug-likeness (QED) is 0.418. The van der Waals surface area contributed by atoms with E-state index in [1.807, 2.05) is 37.3 Å². The van der Waals surface area contributed by atoms with E-state index in [2.05, 4.69) is 20.6 Å². The molecule has 1 aliphatic heterocycles. The molecule has 4 aromatic rings. The number of carbonyl (C=O) groups excluding carboxylic acids is 1. The number of aromatic nitrogens is 4. The number of nitrogens with zero attached hydrogens (tertiary/aromatic N) is 4. The molecule has 2 aromatic carbocycles. The molecular formula is C25H22N6O3. The van der Waals surface area contributed by atoms with Crippen molar-refractivity contribution in [1.29, 1.82) is 0 Å². The molecule has 0 radical (unpaired) electrons. The number of para-hydroxylation sites is 2. The van der Waals surface area contributed by atoms with Crippen molar-refractivity contribution in [2.24, 2.45) is 0 Å². The number of nitrogens with one attached hydrogen (secondary N) is 2. The maximum absolute atomic E-state index is 13.6. The van der Waals surface area contributed by atoms with Crippen molar-refractivity contribution in [3.05, 3.63) is 89.9 Å². The number of hydrogen-bond donors (Lipinski definition) is 3. The predicted octanol–water partition coefficient (Wildman–Crippen LogP) is 3.98. The van der Waals surface area contributed by atoms with Gasteiger partial charge in [-0.1, -0.05) is 24.3 Å². The van der Waals surface area contributed by atoms with E-state index in [4.69, 9.17) is 9.84 Å². The van der Waals surface area contributed by atoms with Crippen LogP contribution in [-0.4, -0.2) is 37.9 Å². The summed E-state index contributed by atoms with van der Waals surface area (Å²) in [6.45, 7) is 1.82. The zero-order valence-electron chi connectivity index (χ0n) is 18.6. The smallest absolute Gasteiger partial charge is 0.255 e. The number of aromatic hydroxyl groups is 1. The van der Waals surface area contributed by atoms with Gasteiger partial charge in [0.1, 0.15) is 17.5 Å². The molecule has 2 aromatic heterocycles. The van der Waals surface area contributed by atoms with Crippen LogP contribution in [0.15, 0.2) is 84.3 Å². The number of benzene rings is 2. The zero-order chi connectivity index (χ0) is 23.7. The van der Waals surface area contributed by atoms with Gasteiger partial charge in [-0.15, -0.1) is 5.10 Å². The molecule has 0 saturated carbocycles. The molecule has 1 aliphatic rings. The normalized spacial score (nSPS) is 14.8. The summed E-state index contributed by atoms with van der Waals surface area (Å²) in [6.07, 6.45) is 3.34. The average Bonchev–Trinajstić information content (AvgIpc) is 3.27. The molecule has 9 heteroatoms. The molecule has 3 N–H and O–H groups in total. The molecule has 1 unspecified atom stereocenters. The van der Waals surface area contributed by atoms with Gasteiger partial charge in [0, 0.05) is 23.7 Å². The summed E-state index contributed by atoms with van der Waals surface area (Å²) in [5.41, 5.74) is 3.11. The minimum Gasteiger partial charge on any atom is -0.508 e. The second kappa shape index (κ2) is 8.70. The second-order valence-corrected chi connectivity index (χ2v) is 7.76. The van der Waals surface area contributed by atoms with Crippen molar-refractivity contribution < 1.29 is 14.6 Å². The van der Waals surface area contributed by atoms with Crippen LogP contribution in [0, 0.1) is 0 Å². The molecule has 34 heavy (non-hydrogen) atoms. The van der Waals surface area contributed by atoms with Gasteiger partial charge < -0.3 is 20.5 Å². The number of ether oxygens (including phenoxy) is 1. The van der Waals surface area contributed by atoms with Crippen molar-refractivity contribution in [1.82, 2.24) is 19.7 Å². The molecule has 0 bridgehead atoms. The number of amides is 1. The monoisotopic (exact) mass is 454 g/mol. The van der Waals surface area contributed by atoms with Crippen LogP contribution in [-0.2, 0) is 4.79 Å². The summed E-state index contributed by atoms with van der Waals surface area (Å²) in [5, 5.41) is 21.0. The Kier molecular flexibility index (Phi) is 5.43. The number of phenols is 1. The fourth-order valence-corrected chi connectivity index (χ4v) is 4.01. The lowest BCUT2D eigenvalue weighted by Crippen LogP contribution is -2.31. The van der Waals surface area contributed by atoms with Crippen LogP contribution in [0.1, 0.15) is 18.5 Å². The van der Waals surface area contributed by atoms with Crippen LogP contribution < -0.4 is 15.4 Å². The summed E-state index contributed by atoms with van der Waals surface area (Å²) < 4.78 is 7.05. The number of phenolic OH excluding ortho intramolecular Hbond substituents is 1. The molecule has 170 valence electrons. The van der Waals surface area contributed by atoms with Crippen LogP contribution in [0.2, 0.25) is 0 Å². The van der Waals surface area contributed by atoms with Crippen LogP contribution >= 0.6 is 0 Å². The Labute approximate surface area is 195 Å². The highest BCUT2D eigenvalue weighted by Gasteiger charge is 2.35. The van der Waals surface area contributed by atoms with Gasteiger partial charge in [0.15, 0.2) is 5.82 Å². The highest BCUT2D eigenvalue weighted by atomic mass is 16.5. The van der Waals surface area contributed by atoms with Crippen molar-refractivity contribution in [3.63, 3.8) is 0 Å². The van der Waals surface area contributed by atoms with Gasteiger partial charge in [-0.2, -0.15) is 4.98 Å². The second-order valence-electron chi connectivity index (χ2n) is 7.76. The lowest BCUT2D eigenvalue weighted by atomic mass is 9.95. The van der Waals surface area contributed by atoms with Gasteiger partial charge >= 0.3 is 0 Å². The summed E-state index contributed by atoms with van der Waals surface area (Å²) in [6, 6.07) is 17.0. The molecule has 1 amide bonds.